The number of aryl methyl sites for hydroxylation is 1. The summed E-state index contributed by atoms with van der Waals surface area (Å²) in [6.45, 7) is -0.815. The van der Waals surface area contributed by atoms with E-state index in [9.17, 15) is 13.6 Å². The fraction of sp³-hybridized carbons (Fsp3) is 0.417. The number of para-hydroxylation sites is 1. The van der Waals surface area contributed by atoms with Gasteiger partial charge in [-0.2, -0.15) is 8.78 Å². The van der Waals surface area contributed by atoms with E-state index in [1.54, 1.807) is 19.1 Å². The number of amides is 1. The number of hydrogen-bond acceptors (Lipinski definition) is 3. The molecule has 3 N–H and O–H groups in total. The zero-order valence-electron chi connectivity index (χ0n) is 10.1. The van der Waals surface area contributed by atoms with Crippen LogP contribution in [0.1, 0.15) is 18.4 Å². The first-order valence-electron chi connectivity index (χ1n) is 5.59. The highest BCUT2D eigenvalue weighted by Crippen LogP contribution is 2.29. The third kappa shape index (κ3) is 4.29. The van der Waals surface area contributed by atoms with Crippen LogP contribution in [0.25, 0.3) is 0 Å². The molecule has 0 bridgehead atoms. The fourth-order valence-electron chi connectivity index (χ4n) is 1.46. The summed E-state index contributed by atoms with van der Waals surface area (Å²) < 4.78 is 28.8. The van der Waals surface area contributed by atoms with Crippen molar-refractivity contribution >= 4 is 11.6 Å². The van der Waals surface area contributed by atoms with Crippen molar-refractivity contribution in [2.75, 3.05) is 11.9 Å². The molecule has 1 amide bonds. The second-order valence-electron chi connectivity index (χ2n) is 3.77. The Labute approximate surface area is 104 Å². The summed E-state index contributed by atoms with van der Waals surface area (Å²) in [5.74, 6) is -0.306. The van der Waals surface area contributed by atoms with Crippen LogP contribution in [-0.2, 0) is 4.79 Å². The molecule has 1 aromatic carbocycles. The summed E-state index contributed by atoms with van der Waals surface area (Å²) in [6, 6.07) is 4.68. The third-order valence-corrected chi connectivity index (χ3v) is 2.32. The van der Waals surface area contributed by atoms with Crippen molar-refractivity contribution < 1.29 is 18.3 Å². The van der Waals surface area contributed by atoms with Gasteiger partial charge >= 0.3 is 6.61 Å². The molecule has 1 rings (SSSR count). The molecule has 0 saturated carbocycles. The molecule has 0 atom stereocenters. The molecule has 18 heavy (non-hydrogen) atoms. The van der Waals surface area contributed by atoms with E-state index in [0.717, 1.165) is 0 Å². The second-order valence-corrected chi connectivity index (χ2v) is 3.77. The van der Waals surface area contributed by atoms with E-state index in [1.807, 2.05) is 0 Å². The molecule has 0 aliphatic carbocycles. The smallest absolute Gasteiger partial charge is 0.387 e. The van der Waals surface area contributed by atoms with E-state index in [0.29, 0.717) is 18.5 Å². The lowest BCUT2D eigenvalue weighted by atomic mass is 10.1. The Morgan fingerprint density at radius 1 is 1.50 bits per heavy atom. The number of nitrogens with one attached hydrogen (secondary N) is 1. The van der Waals surface area contributed by atoms with Crippen LogP contribution < -0.4 is 15.8 Å². The molecule has 0 aliphatic rings. The highest BCUT2D eigenvalue weighted by atomic mass is 19.3. The highest BCUT2D eigenvalue weighted by Gasteiger charge is 2.13. The molecular formula is C12H16F2N2O2. The lowest BCUT2D eigenvalue weighted by Gasteiger charge is -2.14. The predicted molar refractivity (Wildman–Crippen MR) is 64.7 cm³/mol. The van der Waals surface area contributed by atoms with E-state index >= 15 is 0 Å². The van der Waals surface area contributed by atoms with E-state index in [4.69, 9.17) is 5.73 Å². The van der Waals surface area contributed by atoms with Gasteiger partial charge < -0.3 is 15.8 Å². The van der Waals surface area contributed by atoms with Gasteiger partial charge in [-0.1, -0.05) is 12.1 Å². The van der Waals surface area contributed by atoms with Gasteiger partial charge in [0.1, 0.15) is 5.75 Å². The first-order chi connectivity index (χ1) is 8.54. The average Bonchev–Trinajstić information content (AvgIpc) is 2.30. The summed E-state index contributed by atoms with van der Waals surface area (Å²) in [4.78, 5) is 11.6. The number of nitrogens with two attached hydrogens (primary N) is 1. The number of rotatable bonds is 6. The van der Waals surface area contributed by atoms with Crippen LogP contribution in [0.2, 0.25) is 0 Å². The van der Waals surface area contributed by atoms with Crippen molar-refractivity contribution in [3.8, 4) is 5.75 Å². The normalized spacial score (nSPS) is 10.5. The Morgan fingerprint density at radius 3 is 2.83 bits per heavy atom. The minimum absolute atomic E-state index is 0.0360. The van der Waals surface area contributed by atoms with Gasteiger partial charge in [0, 0.05) is 6.42 Å². The minimum Gasteiger partial charge on any atom is -0.433 e. The third-order valence-electron chi connectivity index (χ3n) is 2.32. The maximum Gasteiger partial charge on any atom is 0.387 e. The van der Waals surface area contributed by atoms with Crippen LogP contribution in [0.3, 0.4) is 0 Å². The van der Waals surface area contributed by atoms with Crippen molar-refractivity contribution in [2.45, 2.75) is 26.4 Å². The maximum absolute atomic E-state index is 12.2. The lowest BCUT2D eigenvalue weighted by molar-refractivity contribution is -0.116. The molecule has 0 radical (unpaired) electrons. The summed E-state index contributed by atoms with van der Waals surface area (Å²) in [7, 11) is 0. The summed E-state index contributed by atoms with van der Waals surface area (Å²) in [5, 5.41) is 2.57. The Morgan fingerprint density at radius 2 is 2.22 bits per heavy atom. The minimum atomic E-state index is -2.92. The molecule has 0 spiro atoms. The number of alkyl halides is 2. The van der Waals surface area contributed by atoms with Crippen LogP contribution in [0.15, 0.2) is 18.2 Å². The Balaban J connectivity index is 2.82. The molecular weight excluding hydrogens is 242 g/mol. The molecule has 0 aromatic heterocycles. The molecule has 100 valence electrons. The highest BCUT2D eigenvalue weighted by molar-refractivity contribution is 5.93. The van der Waals surface area contributed by atoms with Gasteiger partial charge in [-0.15, -0.1) is 0 Å². The fourth-order valence-corrected chi connectivity index (χ4v) is 1.46. The average molecular weight is 258 g/mol. The number of hydrogen-bond donors (Lipinski definition) is 2. The van der Waals surface area contributed by atoms with Crippen molar-refractivity contribution in [3.63, 3.8) is 0 Å². The number of carbonyl (C=O) groups excluding carboxylic acids is 1. The number of ether oxygens (including phenoxy) is 1. The van der Waals surface area contributed by atoms with E-state index < -0.39 is 6.61 Å². The van der Waals surface area contributed by atoms with Gasteiger partial charge in [0.05, 0.1) is 5.69 Å². The SMILES string of the molecule is Cc1cccc(OC(F)F)c1NC(=O)CCCN. The Bertz CT molecular complexity index is 411. The molecule has 0 fully saturated rings. The maximum atomic E-state index is 12.2. The van der Waals surface area contributed by atoms with Gasteiger partial charge in [0.2, 0.25) is 5.91 Å². The zero-order valence-corrected chi connectivity index (χ0v) is 10.1. The van der Waals surface area contributed by atoms with Gasteiger partial charge in [0.25, 0.3) is 0 Å². The van der Waals surface area contributed by atoms with Crippen LogP contribution in [-0.4, -0.2) is 19.1 Å². The molecule has 1 aromatic rings. The summed E-state index contributed by atoms with van der Waals surface area (Å²) >= 11 is 0. The van der Waals surface area contributed by atoms with Gasteiger partial charge in [-0.3, -0.25) is 4.79 Å². The topological polar surface area (TPSA) is 64.3 Å². The van der Waals surface area contributed by atoms with Gasteiger partial charge in [0.15, 0.2) is 0 Å². The first-order valence-corrected chi connectivity index (χ1v) is 5.59. The quantitative estimate of drug-likeness (QED) is 0.822. The van der Waals surface area contributed by atoms with Gasteiger partial charge in [-0.25, -0.2) is 0 Å². The molecule has 0 saturated heterocycles. The molecule has 0 unspecified atom stereocenters. The van der Waals surface area contributed by atoms with Crippen LogP contribution in [0, 0.1) is 6.92 Å². The largest absolute Gasteiger partial charge is 0.433 e. The van der Waals surface area contributed by atoms with Crippen molar-refractivity contribution in [1.29, 1.82) is 0 Å². The van der Waals surface area contributed by atoms with Crippen molar-refractivity contribution in [2.24, 2.45) is 5.73 Å². The predicted octanol–water partition coefficient (Wildman–Crippen LogP) is 2.27. The van der Waals surface area contributed by atoms with Crippen LogP contribution in [0.5, 0.6) is 5.75 Å². The number of carbonyl (C=O) groups is 1. The summed E-state index contributed by atoms with van der Waals surface area (Å²) in [6.07, 6.45) is 0.793. The van der Waals surface area contributed by atoms with Crippen molar-refractivity contribution in [3.05, 3.63) is 23.8 Å². The number of anilines is 1. The number of halogens is 2. The first kappa shape index (κ1) is 14.4. The van der Waals surface area contributed by atoms with E-state index in [2.05, 4.69) is 10.1 Å². The molecule has 6 heteroatoms. The van der Waals surface area contributed by atoms with E-state index in [1.165, 1.54) is 6.07 Å². The second kappa shape index (κ2) is 6.90. The molecule has 4 nitrogen and oxygen atoms in total. The Hall–Kier alpha value is -1.69. The van der Waals surface area contributed by atoms with E-state index in [-0.39, 0.29) is 23.8 Å². The van der Waals surface area contributed by atoms with Crippen LogP contribution >= 0.6 is 0 Å². The van der Waals surface area contributed by atoms with Crippen molar-refractivity contribution in [1.82, 2.24) is 0 Å². The lowest BCUT2D eigenvalue weighted by Crippen LogP contribution is -2.15. The Kier molecular flexibility index (Phi) is 5.51. The zero-order chi connectivity index (χ0) is 13.5. The molecule has 0 aliphatic heterocycles. The van der Waals surface area contributed by atoms with Crippen LogP contribution in [0.4, 0.5) is 14.5 Å². The summed E-state index contributed by atoms with van der Waals surface area (Å²) in [5.41, 5.74) is 6.23. The molecule has 0 heterocycles. The monoisotopic (exact) mass is 258 g/mol. The standard InChI is InChI=1S/C12H16F2N2O2/c1-8-4-2-5-9(18-12(13)14)11(8)16-10(17)6-3-7-15/h2,4-5,12H,3,6-7,15H2,1H3,(H,16,17). The number of benzene rings is 1. The van der Waals surface area contributed by atoms with Gasteiger partial charge in [-0.05, 0) is 31.5 Å².